The summed E-state index contributed by atoms with van der Waals surface area (Å²) in [5, 5.41) is 11.8. The first-order valence-electron chi connectivity index (χ1n) is 11.4. The van der Waals surface area contributed by atoms with Crippen molar-refractivity contribution >= 4 is 23.1 Å². The number of rotatable bonds is 5. The number of piperidine rings is 1. The monoisotopic (exact) mass is 472 g/mol. The molecule has 2 aliphatic rings. The van der Waals surface area contributed by atoms with Crippen molar-refractivity contribution in [3.05, 3.63) is 47.7 Å². The van der Waals surface area contributed by atoms with Gasteiger partial charge in [-0.25, -0.2) is 4.98 Å². The van der Waals surface area contributed by atoms with Gasteiger partial charge in [0.1, 0.15) is 5.82 Å². The number of aromatic nitrogens is 1. The Labute approximate surface area is 196 Å². The minimum Gasteiger partial charge on any atom is -0.370 e. The quantitative estimate of drug-likeness (QED) is 0.715. The van der Waals surface area contributed by atoms with E-state index in [2.05, 4.69) is 21.3 Å². The number of carbonyl (C=O) groups excluding carboxylic acids is 1. The number of amides is 1. The summed E-state index contributed by atoms with van der Waals surface area (Å²) in [6, 6.07) is 9.06. The lowest BCUT2D eigenvalue weighted by molar-refractivity contribution is -0.137. The molecule has 7 nitrogen and oxygen atoms in total. The molecule has 3 heterocycles. The van der Waals surface area contributed by atoms with E-state index >= 15 is 0 Å². The maximum atomic E-state index is 13.3. The van der Waals surface area contributed by atoms with E-state index in [0.717, 1.165) is 50.3 Å². The molecule has 1 aromatic carbocycles. The van der Waals surface area contributed by atoms with Gasteiger partial charge in [0.15, 0.2) is 0 Å². The summed E-state index contributed by atoms with van der Waals surface area (Å²) in [6.45, 7) is 4.10. The van der Waals surface area contributed by atoms with Crippen LogP contribution < -0.4 is 15.1 Å². The molecule has 0 spiro atoms. The van der Waals surface area contributed by atoms with Crippen molar-refractivity contribution in [1.29, 1.82) is 5.26 Å². The molecule has 0 aliphatic carbocycles. The highest BCUT2D eigenvalue weighted by Crippen LogP contribution is 2.36. The first kappa shape index (κ1) is 23.8. The van der Waals surface area contributed by atoms with Gasteiger partial charge in [0.25, 0.3) is 0 Å². The third kappa shape index (κ3) is 5.78. The van der Waals surface area contributed by atoms with Crippen LogP contribution in [0.1, 0.15) is 30.4 Å². The highest BCUT2D eigenvalue weighted by Gasteiger charge is 2.32. The van der Waals surface area contributed by atoms with Crippen LogP contribution in [0.3, 0.4) is 0 Å². The predicted molar refractivity (Wildman–Crippen MR) is 124 cm³/mol. The van der Waals surface area contributed by atoms with Crippen LogP contribution in [0.25, 0.3) is 0 Å². The van der Waals surface area contributed by atoms with Crippen LogP contribution in [0, 0.1) is 11.3 Å². The summed E-state index contributed by atoms with van der Waals surface area (Å²) in [5.74, 6) is 0.383. The van der Waals surface area contributed by atoms with Crippen molar-refractivity contribution in [2.75, 3.05) is 60.9 Å². The molecule has 10 heteroatoms. The number of hydrogen-bond acceptors (Lipinski definition) is 6. The average molecular weight is 473 g/mol. The fraction of sp³-hybridized carbons (Fsp3) is 0.458. The fourth-order valence-electron chi connectivity index (χ4n) is 4.41. The number of nitrogens with one attached hydrogen (secondary N) is 1. The average Bonchev–Trinajstić information content (AvgIpc) is 2.84. The molecule has 1 aromatic heterocycles. The largest absolute Gasteiger partial charge is 0.416 e. The van der Waals surface area contributed by atoms with Crippen molar-refractivity contribution in [3.63, 3.8) is 0 Å². The van der Waals surface area contributed by atoms with Gasteiger partial charge in [0.05, 0.1) is 35.1 Å². The van der Waals surface area contributed by atoms with Gasteiger partial charge in [0, 0.05) is 45.5 Å². The summed E-state index contributed by atoms with van der Waals surface area (Å²) < 4.78 is 39.9. The summed E-state index contributed by atoms with van der Waals surface area (Å²) in [7, 11) is 0. The Balaban J connectivity index is 1.40. The van der Waals surface area contributed by atoms with Crippen LogP contribution in [0.15, 0.2) is 36.5 Å². The SMILES string of the molecule is N#Cc1ccnc(N2CCN(CC(=O)Nc3cc(C(F)(F)F)ccc3N3CCCCC3)CC2)c1. The second-order valence-corrected chi connectivity index (χ2v) is 8.60. The Kier molecular flexibility index (Phi) is 7.22. The Morgan fingerprint density at radius 2 is 1.74 bits per heavy atom. The second kappa shape index (κ2) is 10.3. The normalized spacial score (nSPS) is 17.4. The van der Waals surface area contributed by atoms with Gasteiger partial charge in [-0.1, -0.05) is 0 Å². The zero-order chi connectivity index (χ0) is 24.1. The van der Waals surface area contributed by atoms with E-state index in [1.807, 2.05) is 9.80 Å². The zero-order valence-electron chi connectivity index (χ0n) is 18.8. The van der Waals surface area contributed by atoms with Gasteiger partial charge in [-0.05, 0) is 49.6 Å². The maximum absolute atomic E-state index is 13.3. The molecule has 2 aromatic rings. The zero-order valence-corrected chi connectivity index (χ0v) is 18.8. The van der Waals surface area contributed by atoms with Gasteiger partial charge in [-0.2, -0.15) is 18.4 Å². The van der Waals surface area contributed by atoms with Crippen molar-refractivity contribution in [2.45, 2.75) is 25.4 Å². The predicted octanol–water partition coefficient (Wildman–Crippen LogP) is 3.72. The van der Waals surface area contributed by atoms with E-state index in [-0.39, 0.29) is 18.1 Å². The molecular formula is C24H27F3N6O. The molecule has 0 bridgehead atoms. The van der Waals surface area contributed by atoms with E-state index in [1.165, 1.54) is 6.07 Å². The Hall–Kier alpha value is -3.32. The van der Waals surface area contributed by atoms with Gasteiger partial charge < -0.3 is 15.1 Å². The van der Waals surface area contributed by atoms with Crippen LogP contribution >= 0.6 is 0 Å². The number of pyridine rings is 1. The van der Waals surface area contributed by atoms with Crippen LogP contribution in [0.2, 0.25) is 0 Å². The standard InChI is InChI=1S/C24H27F3N6O/c25-24(26,27)19-4-5-21(32-8-2-1-3-9-32)20(15-19)30-23(34)17-31-10-12-33(13-11-31)22-14-18(16-28)6-7-29-22/h4-7,14-15H,1-3,8-13,17H2,(H,30,34). The number of hydrogen-bond donors (Lipinski definition) is 1. The first-order chi connectivity index (χ1) is 16.3. The van der Waals surface area contributed by atoms with Crippen LogP contribution in [-0.2, 0) is 11.0 Å². The molecule has 0 radical (unpaired) electrons. The number of nitrogens with zero attached hydrogens (tertiary/aromatic N) is 5. The molecule has 0 saturated carbocycles. The fourth-order valence-corrected chi connectivity index (χ4v) is 4.41. The lowest BCUT2D eigenvalue weighted by atomic mass is 10.1. The summed E-state index contributed by atoms with van der Waals surface area (Å²) >= 11 is 0. The van der Waals surface area contributed by atoms with Crippen LogP contribution in [0.5, 0.6) is 0 Å². The lowest BCUT2D eigenvalue weighted by Gasteiger charge is -2.35. The van der Waals surface area contributed by atoms with Crippen molar-refractivity contribution < 1.29 is 18.0 Å². The third-order valence-electron chi connectivity index (χ3n) is 6.23. The molecule has 180 valence electrons. The minimum atomic E-state index is -4.48. The maximum Gasteiger partial charge on any atom is 0.416 e. The number of piperazine rings is 1. The highest BCUT2D eigenvalue weighted by molar-refractivity contribution is 5.96. The number of halogens is 3. The first-order valence-corrected chi connectivity index (χ1v) is 11.4. The van der Waals surface area contributed by atoms with Gasteiger partial charge in [-0.3, -0.25) is 9.69 Å². The molecule has 1 N–H and O–H groups in total. The summed E-state index contributed by atoms with van der Waals surface area (Å²) in [5.41, 5.74) is 0.605. The van der Waals surface area contributed by atoms with Crippen LogP contribution in [-0.4, -0.2) is 61.6 Å². The van der Waals surface area contributed by atoms with Crippen molar-refractivity contribution in [2.24, 2.45) is 0 Å². The third-order valence-corrected chi connectivity index (χ3v) is 6.23. The molecule has 1 amide bonds. The number of benzene rings is 1. The molecule has 0 atom stereocenters. The molecule has 4 rings (SSSR count). The molecular weight excluding hydrogens is 445 g/mol. The molecule has 2 fully saturated rings. The Bertz CT molecular complexity index is 1050. The summed E-state index contributed by atoms with van der Waals surface area (Å²) in [6.07, 6.45) is 0.173. The van der Waals surface area contributed by atoms with Gasteiger partial charge >= 0.3 is 6.18 Å². The lowest BCUT2D eigenvalue weighted by Crippen LogP contribution is -2.49. The smallest absolute Gasteiger partial charge is 0.370 e. The molecule has 2 aliphatic heterocycles. The summed E-state index contributed by atoms with van der Waals surface area (Å²) in [4.78, 5) is 23.2. The van der Waals surface area contributed by atoms with E-state index in [0.29, 0.717) is 37.4 Å². The van der Waals surface area contributed by atoms with Gasteiger partial charge in [-0.15, -0.1) is 0 Å². The van der Waals surface area contributed by atoms with Crippen molar-refractivity contribution in [1.82, 2.24) is 9.88 Å². The van der Waals surface area contributed by atoms with Crippen LogP contribution in [0.4, 0.5) is 30.4 Å². The Morgan fingerprint density at radius 3 is 2.41 bits per heavy atom. The van der Waals surface area contributed by atoms with E-state index < -0.39 is 11.7 Å². The second-order valence-electron chi connectivity index (χ2n) is 8.60. The molecule has 0 unspecified atom stereocenters. The Morgan fingerprint density at radius 1 is 1.00 bits per heavy atom. The van der Waals surface area contributed by atoms with E-state index in [9.17, 15) is 18.0 Å². The molecule has 2 saturated heterocycles. The topological polar surface area (TPSA) is 75.5 Å². The van der Waals surface area contributed by atoms with E-state index in [1.54, 1.807) is 18.3 Å². The van der Waals surface area contributed by atoms with Gasteiger partial charge in [0.2, 0.25) is 5.91 Å². The minimum absolute atomic E-state index is 0.0924. The molecule has 34 heavy (non-hydrogen) atoms. The highest BCUT2D eigenvalue weighted by atomic mass is 19.4. The number of nitriles is 1. The number of alkyl halides is 3. The van der Waals surface area contributed by atoms with Crippen molar-refractivity contribution in [3.8, 4) is 6.07 Å². The number of carbonyl (C=O) groups is 1. The number of anilines is 3. The van der Waals surface area contributed by atoms with E-state index in [4.69, 9.17) is 5.26 Å².